The highest BCUT2D eigenvalue weighted by atomic mass is 35.5. The van der Waals surface area contributed by atoms with Gasteiger partial charge in [0.15, 0.2) is 0 Å². The lowest BCUT2D eigenvalue weighted by Crippen LogP contribution is -2.12. The van der Waals surface area contributed by atoms with E-state index in [1.807, 2.05) is 0 Å². The summed E-state index contributed by atoms with van der Waals surface area (Å²) in [6, 6.07) is 7.72. The van der Waals surface area contributed by atoms with Gasteiger partial charge in [0.1, 0.15) is 16.6 Å². The molecule has 1 amide bonds. The Morgan fingerprint density at radius 1 is 1.08 bits per heavy atom. The third-order valence-corrected chi connectivity index (χ3v) is 4.75. The normalized spacial score (nSPS) is 10.7. The van der Waals surface area contributed by atoms with Gasteiger partial charge in [0.25, 0.3) is 5.91 Å². The van der Waals surface area contributed by atoms with Gasteiger partial charge in [0.05, 0.1) is 0 Å². The van der Waals surface area contributed by atoms with Gasteiger partial charge in [-0.15, -0.1) is 10.2 Å². The van der Waals surface area contributed by atoms with Gasteiger partial charge in [0.2, 0.25) is 5.13 Å². The monoisotopic (exact) mass is 399 g/mol. The maximum Gasteiger partial charge on any atom is 0.257 e. The van der Waals surface area contributed by atoms with E-state index in [2.05, 4.69) is 15.5 Å². The van der Waals surface area contributed by atoms with Crippen LogP contribution in [0.4, 0.5) is 13.9 Å². The van der Waals surface area contributed by atoms with Crippen molar-refractivity contribution in [1.82, 2.24) is 10.2 Å². The van der Waals surface area contributed by atoms with Gasteiger partial charge in [-0.3, -0.25) is 10.1 Å². The van der Waals surface area contributed by atoms with Crippen molar-refractivity contribution in [2.75, 3.05) is 5.32 Å². The third-order valence-electron chi connectivity index (χ3n) is 3.20. The molecular weight excluding hydrogens is 391 g/mol. The van der Waals surface area contributed by atoms with Crippen LogP contribution in [0.3, 0.4) is 0 Å². The quantitative estimate of drug-likeness (QED) is 0.673. The largest absolute Gasteiger partial charge is 0.296 e. The maximum absolute atomic E-state index is 13.2. The van der Waals surface area contributed by atoms with Crippen molar-refractivity contribution in [2.24, 2.45) is 0 Å². The Morgan fingerprint density at radius 2 is 1.72 bits per heavy atom. The molecule has 1 aromatic heterocycles. The number of benzene rings is 2. The fourth-order valence-corrected chi connectivity index (χ4v) is 3.36. The number of nitrogens with one attached hydrogen (secondary N) is 1. The van der Waals surface area contributed by atoms with Crippen molar-refractivity contribution in [2.45, 2.75) is 6.42 Å². The first-order chi connectivity index (χ1) is 11.9. The SMILES string of the molecule is O=C(Nc1nnc(Cc2c(Cl)cccc2Cl)s1)c1cc(F)cc(F)c1. The average Bonchev–Trinajstić information content (AvgIpc) is 2.97. The van der Waals surface area contributed by atoms with Crippen LogP contribution in [0.2, 0.25) is 10.0 Å². The number of carbonyl (C=O) groups is 1. The summed E-state index contributed by atoms with van der Waals surface area (Å²) in [5, 5.41) is 12.1. The van der Waals surface area contributed by atoms with E-state index in [0.29, 0.717) is 33.1 Å². The molecule has 0 fully saturated rings. The highest BCUT2D eigenvalue weighted by molar-refractivity contribution is 7.15. The van der Waals surface area contributed by atoms with Gasteiger partial charge in [-0.2, -0.15) is 0 Å². The van der Waals surface area contributed by atoms with Gasteiger partial charge in [-0.1, -0.05) is 40.6 Å². The molecule has 2 aromatic carbocycles. The van der Waals surface area contributed by atoms with Gasteiger partial charge < -0.3 is 0 Å². The second-order valence-corrected chi connectivity index (χ2v) is 6.87. The molecule has 4 nitrogen and oxygen atoms in total. The topological polar surface area (TPSA) is 54.9 Å². The van der Waals surface area contributed by atoms with E-state index in [-0.39, 0.29) is 10.7 Å². The lowest BCUT2D eigenvalue weighted by Gasteiger charge is -2.03. The van der Waals surface area contributed by atoms with E-state index < -0.39 is 17.5 Å². The summed E-state index contributed by atoms with van der Waals surface area (Å²) in [6.45, 7) is 0. The molecule has 0 aliphatic heterocycles. The number of amides is 1. The number of rotatable bonds is 4. The summed E-state index contributed by atoms with van der Waals surface area (Å²) in [5.74, 6) is -2.36. The zero-order valence-electron chi connectivity index (χ0n) is 12.4. The van der Waals surface area contributed by atoms with E-state index in [1.54, 1.807) is 18.2 Å². The summed E-state index contributed by atoms with van der Waals surface area (Å²) in [6.07, 6.45) is 0.348. The first kappa shape index (κ1) is 17.7. The molecule has 0 atom stereocenters. The fraction of sp³-hybridized carbons (Fsp3) is 0.0625. The van der Waals surface area contributed by atoms with Crippen LogP contribution >= 0.6 is 34.5 Å². The minimum atomic E-state index is -0.837. The Bertz CT molecular complexity index is 908. The molecule has 3 rings (SSSR count). The van der Waals surface area contributed by atoms with Crippen molar-refractivity contribution in [3.05, 3.63) is 74.2 Å². The molecule has 3 aromatic rings. The molecule has 0 saturated heterocycles. The highest BCUT2D eigenvalue weighted by Crippen LogP contribution is 2.28. The van der Waals surface area contributed by atoms with Crippen LogP contribution in [-0.4, -0.2) is 16.1 Å². The predicted octanol–water partition coefficient (Wildman–Crippen LogP) is 4.97. The summed E-state index contributed by atoms with van der Waals surface area (Å²) >= 11 is 13.3. The van der Waals surface area contributed by atoms with Crippen LogP contribution in [0.15, 0.2) is 36.4 Å². The van der Waals surface area contributed by atoms with Gasteiger partial charge in [-0.05, 0) is 29.8 Å². The van der Waals surface area contributed by atoms with Gasteiger partial charge in [0, 0.05) is 28.1 Å². The maximum atomic E-state index is 13.2. The summed E-state index contributed by atoms with van der Waals surface area (Å²) in [7, 11) is 0. The number of hydrogen-bond acceptors (Lipinski definition) is 4. The second kappa shape index (κ2) is 7.43. The molecule has 0 aliphatic carbocycles. The Labute approximate surface area is 155 Å². The molecule has 25 heavy (non-hydrogen) atoms. The number of anilines is 1. The molecule has 0 radical (unpaired) electrons. The van der Waals surface area contributed by atoms with Crippen molar-refractivity contribution in [3.8, 4) is 0 Å². The summed E-state index contributed by atoms with van der Waals surface area (Å²) in [4.78, 5) is 12.0. The molecule has 1 heterocycles. The van der Waals surface area contributed by atoms with E-state index >= 15 is 0 Å². The van der Waals surface area contributed by atoms with Gasteiger partial charge >= 0.3 is 0 Å². The number of nitrogens with zero attached hydrogens (tertiary/aromatic N) is 2. The standard InChI is InChI=1S/C16H9Cl2F2N3OS/c17-12-2-1-3-13(18)11(12)7-14-22-23-16(25-14)21-15(24)8-4-9(19)6-10(20)5-8/h1-6H,7H2,(H,21,23,24). The highest BCUT2D eigenvalue weighted by Gasteiger charge is 2.14. The van der Waals surface area contributed by atoms with E-state index in [1.165, 1.54) is 0 Å². The lowest BCUT2D eigenvalue weighted by atomic mass is 10.1. The van der Waals surface area contributed by atoms with Crippen molar-refractivity contribution in [3.63, 3.8) is 0 Å². The first-order valence-electron chi connectivity index (χ1n) is 6.95. The fourth-order valence-electron chi connectivity index (χ4n) is 2.08. The Balaban J connectivity index is 1.74. The number of aromatic nitrogens is 2. The Hall–Kier alpha value is -2.09. The van der Waals surface area contributed by atoms with Gasteiger partial charge in [-0.25, -0.2) is 8.78 Å². The molecule has 128 valence electrons. The molecule has 0 spiro atoms. The molecule has 0 aliphatic rings. The van der Waals surface area contributed by atoms with E-state index in [9.17, 15) is 13.6 Å². The van der Waals surface area contributed by atoms with E-state index in [4.69, 9.17) is 23.2 Å². The molecule has 0 bridgehead atoms. The number of carbonyl (C=O) groups excluding carboxylic acids is 1. The molecule has 1 N–H and O–H groups in total. The molecule has 9 heteroatoms. The van der Waals surface area contributed by atoms with E-state index in [0.717, 1.165) is 23.5 Å². The third kappa shape index (κ3) is 4.31. The summed E-state index contributed by atoms with van der Waals surface area (Å²) < 4.78 is 26.4. The second-order valence-electron chi connectivity index (χ2n) is 4.99. The number of halogens is 4. The summed E-state index contributed by atoms with van der Waals surface area (Å²) in [5.41, 5.74) is 0.551. The molecule has 0 saturated carbocycles. The van der Waals surface area contributed by atoms with Crippen LogP contribution in [-0.2, 0) is 6.42 Å². The van der Waals surface area contributed by atoms with Crippen molar-refractivity contribution >= 4 is 45.6 Å². The van der Waals surface area contributed by atoms with Crippen LogP contribution in [0.5, 0.6) is 0 Å². The average molecular weight is 400 g/mol. The van der Waals surface area contributed by atoms with Crippen LogP contribution in [0.25, 0.3) is 0 Å². The smallest absolute Gasteiger partial charge is 0.257 e. The predicted molar refractivity (Wildman–Crippen MR) is 93.5 cm³/mol. The van der Waals surface area contributed by atoms with Crippen molar-refractivity contribution < 1.29 is 13.6 Å². The van der Waals surface area contributed by atoms with Crippen LogP contribution in [0.1, 0.15) is 20.9 Å². The van der Waals surface area contributed by atoms with Crippen molar-refractivity contribution in [1.29, 1.82) is 0 Å². The zero-order valence-corrected chi connectivity index (χ0v) is 14.7. The molecular formula is C16H9Cl2F2N3OS. The van der Waals surface area contributed by atoms with Crippen LogP contribution < -0.4 is 5.32 Å². The molecule has 0 unspecified atom stereocenters. The zero-order chi connectivity index (χ0) is 18.0. The minimum Gasteiger partial charge on any atom is -0.296 e. The Morgan fingerprint density at radius 3 is 2.36 bits per heavy atom. The minimum absolute atomic E-state index is 0.150. The number of hydrogen-bond donors (Lipinski definition) is 1. The lowest BCUT2D eigenvalue weighted by molar-refractivity contribution is 0.102. The van der Waals surface area contributed by atoms with Crippen LogP contribution in [0, 0.1) is 11.6 Å². The Kier molecular flexibility index (Phi) is 5.27. The first-order valence-corrected chi connectivity index (χ1v) is 8.52.